The van der Waals surface area contributed by atoms with E-state index in [9.17, 15) is 53.5 Å². The molecule has 0 aliphatic carbocycles. The zero-order valence-corrected chi connectivity index (χ0v) is 16.1. The molecule has 15 heteroatoms. The maximum absolute atomic E-state index is 13.8. The van der Waals surface area contributed by atoms with E-state index in [-0.39, 0.29) is 22.5 Å². The summed E-state index contributed by atoms with van der Waals surface area (Å²) in [5.41, 5.74) is -0.795. The number of hydrogen-bond acceptors (Lipinski definition) is 4. The van der Waals surface area contributed by atoms with Crippen molar-refractivity contribution in [2.24, 2.45) is 0 Å². The number of carbonyl (C=O) groups excluding carboxylic acids is 2. The van der Waals surface area contributed by atoms with Crippen molar-refractivity contribution in [3.05, 3.63) is 41.0 Å². The van der Waals surface area contributed by atoms with Crippen LogP contribution in [0.5, 0.6) is 0 Å². The van der Waals surface area contributed by atoms with Crippen LogP contribution in [-0.2, 0) is 9.53 Å². The van der Waals surface area contributed by atoms with E-state index in [2.05, 4.69) is 4.74 Å². The number of amides is 1. The van der Waals surface area contributed by atoms with Gasteiger partial charge in [0.2, 0.25) is 0 Å². The molecule has 32 heavy (non-hydrogen) atoms. The lowest BCUT2D eigenvalue weighted by molar-refractivity contribution is -0.388. The summed E-state index contributed by atoms with van der Waals surface area (Å²) in [6.07, 6.45) is -7.10. The largest absolute Gasteiger partial charge is 0.465 e. The summed E-state index contributed by atoms with van der Waals surface area (Å²) >= 11 is 0.273. The fourth-order valence-electron chi connectivity index (χ4n) is 2.30. The van der Waals surface area contributed by atoms with Gasteiger partial charge in [-0.05, 0) is 17.7 Å². The third kappa shape index (κ3) is 4.12. The van der Waals surface area contributed by atoms with Gasteiger partial charge in [0.05, 0.1) is 7.11 Å². The number of anilines is 1. The Morgan fingerprint density at radius 2 is 1.44 bits per heavy atom. The minimum atomic E-state index is -7.26. The molecule has 176 valence electrons. The molecule has 0 atom stereocenters. The number of thiophene rings is 1. The average Bonchev–Trinajstić information content (AvgIpc) is 3.10. The van der Waals surface area contributed by atoms with Gasteiger partial charge in [-0.1, -0.05) is 12.1 Å². The summed E-state index contributed by atoms with van der Waals surface area (Å²) in [4.78, 5) is 23.7. The monoisotopic (exact) mass is 497 g/mol. The molecule has 0 saturated carbocycles. The van der Waals surface area contributed by atoms with Gasteiger partial charge in [-0.15, -0.1) is 11.3 Å². The molecular formula is C17H9F10NO3S. The zero-order chi connectivity index (χ0) is 24.7. The molecule has 2 rings (SSSR count). The summed E-state index contributed by atoms with van der Waals surface area (Å²) in [7, 11) is 0.812. The van der Waals surface area contributed by atoms with E-state index < -0.39 is 52.2 Å². The normalized spacial score (nSPS) is 13.1. The molecule has 2 aromatic rings. The molecule has 1 aromatic carbocycles. The molecule has 1 N–H and O–H groups in total. The van der Waals surface area contributed by atoms with E-state index in [1.807, 2.05) is 0 Å². The number of ether oxygens (including phenoxy) is 1. The van der Waals surface area contributed by atoms with E-state index in [0.29, 0.717) is 0 Å². The van der Waals surface area contributed by atoms with Crippen LogP contribution in [0.1, 0.15) is 10.4 Å². The minimum absolute atomic E-state index is 0.0734. The van der Waals surface area contributed by atoms with Crippen LogP contribution in [0.15, 0.2) is 29.6 Å². The lowest BCUT2D eigenvalue weighted by Crippen LogP contribution is -2.64. The molecule has 0 spiro atoms. The molecule has 0 bridgehead atoms. The number of nitrogens with one attached hydrogen (secondary N) is 1. The molecule has 1 amide bonds. The van der Waals surface area contributed by atoms with Gasteiger partial charge in [0.25, 0.3) is 0 Å². The Labute approximate surface area is 175 Å². The highest BCUT2D eigenvalue weighted by atomic mass is 32.1. The van der Waals surface area contributed by atoms with Crippen LogP contribution in [0.4, 0.5) is 48.9 Å². The number of alkyl halides is 9. The van der Waals surface area contributed by atoms with Crippen LogP contribution < -0.4 is 5.32 Å². The number of carbonyl (C=O) groups is 2. The second kappa shape index (κ2) is 8.26. The van der Waals surface area contributed by atoms with Crippen molar-refractivity contribution in [2.45, 2.75) is 23.9 Å². The van der Waals surface area contributed by atoms with Gasteiger partial charge >= 0.3 is 35.8 Å². The highest BCUT2D eigenvalue weighted by Crippen LogP contribution is 2.53. The quantitative estimate of drug-likeness (QED) is 0.409. The fourth-order valence-corrected chi connectivity index (χ4v) is 3.25. The fraction of sp³-hybridized carbons (Fsp3) is 0.294. The SMILES string of the molecule is COC(=O)c1c(-c2ccc(F)cc2)csc1NC(=O)C(F)(F)C(F)(F)C(F)(F)C(F)(F)F. The molecule has 0 aliphatic heterocycles. The number of hydrogen-bond donors (Lipinski definition) is 1. The highest BCUT2D eigenvalue weighted by molar-refractivity contribution is 7.15. The van der Waals surface area contributed by atoms with Gasteiger partial charge < -0.3 is 10.1 Å². The zero-order valence-electron chi connectivity index (χ0n) is 15.3. The van der Waals surface area contributed by atoms with E-state index >= 15 is 0 Å². The predicted molar refractivity (Wildman–Crippen MR) is 90.6 cm³/mol. The van der Waals surface area contributed by atoms with Crippen LogP contribution >= 0.6 is 11.3 Å². The first kappa shape index (κ1) is 25.4. The van der Waals surface area contributed by atoms with Crippen LogP contribution in [0.3, 0.4) is 0 Å². The van der Waals surface area contributed by atoms with Gasteiger partial charge in [-0.3, -0.25) is 4.79 Å². The van der Waals surface area contributed by atoms with Crippen molar-refractivity contribution in [3.63, 3.8) is 0 Å². The minimum Gasteiger partial charge on any atom is -0.465 e. The number of halogens is 10. The Morgan fingerprint density at radius 1 is 0.906 bits per heavy atom. The summed E-state index contributed by atoms with van der Waals surface area (Å²) in [5, 5.41) is 1.18. The smallest absolute Gasteiger partial charge is 0.460 e. The third-order valence-electron chi connectivity index (χ3n) is 3.99. The number of rotatable bonds is 6. The molecule has 0 radical (unpaired) electrons. The number of methoxy groups -OCH3 is 1. The van der Waals surface area contributed by atoms with Crippen molar-refractivity contribution < 1.29 is 58.2 Å². The van der Waals surface area contributed by atoms with Crippen LogP contribution in [0, 0.1) is 5.82 Å². The first-order chi connectivity index (χ1) is 14.5. The summed E-state index contributed by atoms with van der Waals surface area (Å²) in [6, 6.07) is 4.09. The third-order valence-corrected chi connectivity index (χ3v) is 4.89. The van der Waals surface area contributed by atoms with Crippen LogP contribution in [0.25, 0.3) is 11.1 Å². The molecule has 0 aliphatic rings. The standard InChI is InChI=1S/C17H9F10NO3S/c1-31-12(29)10-9(7-2-4-8(18)5-3-7)6-32-11(10)28-13(30)14(19,20)15(21,22)16(23,24)17(25,26)27/h2-6H,1H3,(H,28,30). The Balaban J connectivity index is 2.49. The lowest BCUT2D eigenvalue weighted by Gasteiger charge is -2.32. The highest BCUT2D eigenvalue weighted by Gasteiger charge is 2.83. The van der Waals surface area contributed by atoms with E-state index in [4.69, 9.17) is 0 Å². The summed E-state index contributed by atoms with van der Waals surface area (Å²) in [6.45, 7) is 0. The van der Waals surface area contributed by atoms with Gasteiger partial charge in [0.1, 0.15) is 16.4 Å². The Hall–Kier alpha value is -2.84. The second-order valence-electron chi connectivity index (χ2n) is 6.03. The Morgan fingerprint density at radius 3 is 1.91 bits per heavy atom. The van der Waals surface area contributed by atoms with Crippen molar-refractivity contribution >= 4 is 28.2 Å². The summed E-state index contributed by atoms with van der Waals surface area (Å²) < 4.78 is 135. The molecule has 4 nitrogen and oxygen atoms in total. The maximum Gasteiger partial charge on any atom is 0.460 e. The first-order valence-corrected chi connectivity index (χ1v) is 8.84. The second-order valence-corrected chi connectivity index (χ2v) is 6.91. The summed E-state index contributed by atoms with van der Waals surface area (Å²) in [5.74, 6) is -26.2. The molecule has 1 heterocycles. The van der Waals surface area contributed by atoms with Crippen LogP contribution in [0.2, 0.25) is 0 Å². The molecule has 1 aromatic heterocycles. The number of esters is 1. The maximum atomic E-state index is 13.8. The van der Waals surface area contributed by atoms with Crippen molar-refractivity contribution in [1.82, 2.24) is 0 Å². The number of benzene rings is 1. The Kier molecular flexibility index (Phi) is 6.56. The van der Waals surface area contributed by atoms with Crippen LogP contribution in [-0.4, -0.2) is 42.9 Å². The van der Waals surface area contributed by atoms with E-state index in [1.165, 1.54) is 0 Å². The van der Waals surface area contributed by atoms with E-state index in [1.54, 1.807) is 0 Å². The predicted octanol–water partition coefficient (Wildman–Crippen LogP) is 5.75. The van der Waals surface area contributed by atoms with Gasteiger partial charge in [-0.2, -0.15) is 39.5 Å². The topological polar surface area (TPSA) is 55.4 Å². The van der Waals surface area contributed by atoms with Crippen molar-refractivity contribution in [3.8, 4) is 11.1 Å². The molecule has 0 unspecified atom stereocenters. The Bertz CT molecular complexity index is 1010. The average molecular weight is 497 g/mol. The van der Waals surface area contributed by atoms with Crippen molar-refractivity contribution in [2.75, 3.05) is 12.4 Å². The van der Waals surface area contributed by atoms with Gasteiger partial charge in [0.15, 0.2) is 0 Å². The van der Waals surface area contributed by atoms with E-state index in [0.717, 1.165) is 42.1 Å². The lowest BCUT2D eigenvalue weighted by atomic mass is 10.0. The first-order valence-electron chi connectivity index (χ1n) is 7.96. The molecular weight excluding hydrogens is 488 g/mol. The molecule has 0 fully saturated rings. The van der Waals surface area contributed by atoms with Gasteiger partial charge in [0, 0.05) is 10.9 Å². The molecule has 0 saturated heterocycles. The van der Waals surface area contributed by atoms with Crippen molar-refractivity contribution in [1.29, 1.82) is 0 Å². The van der Waals surface area contributed by atoms with Gasteiger partial charge in [-0.25, -0.2) is 9.18 Å².